The van der Waals surface area contributed by atoms with E-state index in [0.717, 1.165) is 16.6 Å². The first-order valence-corrected chi connectivity index (χ1v) is 9.11. The molecule has 144 valence electrons. The number of benzene rings is 1. The van der Waals surface area contributed by atoms with Gasteiger partial charge < -0.3 is 14.7 Å². The fraction of sp³-hybridized carbons (Fsp3) is 0.286. The summed E-state index contributed by atoms with van der Waals surface area (Å²) in [6.07, 6.45) is 3.04. The van der Waals surface area contributed by atoms with Crippen molar-refractivity contribution >= 4 is 16.9 Å². The zero-order valence-corrected chi connectivity index (χ0v) is 15.8. The highest BCUT2D eigenvalue weighted by molar-refractivity contribution is 5.87. The van der Waals surface area contributed by atoms with Crippen molar-refractivity contribution in [2.45, 2.75) is 19.4 Å². The number of nitrogens with one attached hydrogen (secondary N) is 1. The van der Waals surface area contributed by atoms with E-state index in [2.05, 4.69) is 21.8 Å². The molecule has 0 aliphatic carbocycles. The molecule has 1 amide bonds. The number of amides is 1. The Balaban J connectivity index is 1.63. The maximum Gasteiger partial charge on any atom is 0.245 e. The molecule has 2 N–H and O–H groups in total. The molecule has 3 aromatic rings. The van der Waals surface area contributed by atoms with E-state index in [1.165, 1.54) is 6.08 Å². The van der Waals surface area contributed by atoms with E-state index in [9.17, 15) is 9.90 Å². The van der Waals surface area contributed by atoms with E-state index in [-0.39, 0.29) is 17.6 Å². The summed E-state index contributed by atoms with van der Waals surface area (Å²) >= 11 is 0. The molecule has 28 heavy (non-hydrogen) atoms. The van der Waals surface area contributed by atoms with Crippen LogP contribution in [0.1, 0.15) is 13.8 Å². The van der Waals surface area contributed by atoms with Crippen molar-refractivity contribution in [3.05, 3.63) is 49.2 Å². The molecule has 4 rings (SSSR count). The molecule has 2 aromatic heterocycles. The van der Waals surface area contributed by atoms with Crippen LogP contribution in [-0.2, 0) is 4.79 Å². The Morgan fingerprint density at radius 2 is 2.07 bits per heavy atom. The number of H-pyrrole nitrogens is 1. The van der Waals surface area contributed by atoms with Crippen LogP contribution in [0.25, 0.3) is 22.3 Å². The molecule has 1 aliphatic rings. The SMILES string of the molecule is C=CC(=O)N1CC(C(C)(C)Oc2cc(-c3ccc(O)cc3)nc3[nH]ncc23)C1. The number of phenols is 1. The van der Waals surface area contributed by atoms with Gasteiger partial charge in [-0.1, -0.05) is 6.58 Å². The third-order valence-corrected chi connectivity index (χ3v) is 5.27. The third kappa shape index (κ3) is 3.19. The summed E-state index contributed by atoms with van der Waals surface area (Å²) < 4.78 is 6.41. The average Bonchev–Trinajstić information content (AvgIpc) is 3.09. The summed E-state index contributed by atoms with van der Waals surface area (Å²) in [4.78, 5) is 18.1. The first kappa shape index (κ1) is 18.0. The number of aromatic nitrogens is 3. The van der Waals surface area contributed by atoms with Gasteiger partial charge >= 0.3 is 0 Å². The van der Waals surface area contributed by atoms with E-state index < -0.39 is 5.60 Å². The van der Waals surface area contributed by atoms with Gasteiger partial charge in [0.1, 0.15) is 17.1 Å². The van der Waals surface area contributed by atoms with E-state index in [1.54, 1.807) is 35.4 Å². The highest BCUT2D eigenvalue weighted by Gasteiger charge is 2.42. The Morgan fingerprint density at radius 3 is 2.75 bits per heavy atom. The number of hydrogen-bond acceptors (Lipinski definition) is 5. The molecule has 0 unspecified atom stereocenters. The van der Waals surface area contributed by atoms with Gasteiger partial charge in [-0.15, -0.1) is 0 Å². The average molecular weight is 378 g/mol. The molecular weight excluding hydrogens is 356 g/mol. The van der Waals surface area contributed by atoms with Crippen LogP contribution in [0, 0.1) is 5.92 Å². The van der Waals surface area contributed by atoms with Crippen molar-refractivity contribution in [3.63, 3.8) is 0 Å². The standard InChI is InChI=1S/C21H22N4O3/c1-4-19(27)25-11-14(12-25)21(2,3)28-18-9-17(13-5-7-15(26)8-6-13)23-20-16(18)10-22-24-20/h4-10,14,26H,1,11-12H2,2-3H3,(H,22,23,24). The minimum Gasteiger partial charge on any atom is -0.508 e. The van der Waals surface area contributed by atoms with Gasteiger partial charge in [0.05, 0.1) is 17.3 Å². The van der Waals surface area contributed by atoms with Crippen LogP contribution in [0.4, 0.5) is 0 Å². The predicted octanol–water partition coefficient (Wildman–Crippen LogP) is 3.13. The van der Waals surface area contributed by atoms with Gasteiger partial charge in [0.15, 0.2) is 5.65 Å². The maximum absolute atomic E-state index is 11.7. The lowest BCUT2D eigenvalue weighted by Crippen LogP contribution is -2.59. The summed E-state index contributed by atoms with van der Waals surface area (Å²) in [5, 5.41) is 17.3. The lowest BCUT2D eigenvalue weighted by atomic mass is 9.84. The summed E-state index contributed by atoms with van der Waals surface area (Å²) in [7, 11) is 0. The number of ether oxygens (including phenoxy) is 1. The number of aromatic amines is 1. The number of fused-ring (bicyclic) bond motifs is 1. The van der Waals surface area contributed by atoms with E-state index in [4.69, 9.17) is 4.74 Å². The van der Waals surface area contributed by atoms with Crippen LogP contribution in [0.2, 0.25) is 0 Å². The maximum atomic E-state index is 11.7. The number of aromatic hydroxyl groups is 1. The molecule has 1 aromatic carbocycles. The number of pyridine rings is 1. The van der Waals surface area contributed by atoms with Crippen molar-refractivity contribution in [3.8, 4) is 22.8 Å². The zero-order valence-electron chi connectivity index (χ0n) is 15.8. The van der Waals surface area contributed by atoms with Crippen LogP contribution in [-0.4, -0.2) is 49.8 Å². The molecule has 7 nitrogen and oxygen atoms in total. The van der Waals surface area contributed by atoms with Crippen LogP contribution in [0.15, 0.2) is 49.2 Å². The Morgan fingerprint density at radius 1 is 1.36 bits per heavy atom. The Labute approximate surface area is 162 Å². The Kier molecular flexibility index (Phi) is 4.30. The van der Waals surface area contributed by atoms with Crippen LogP contribution >= 0.6 is 0 Å². The molecule has 0 bridgehead atoms. The molecule has 3 heterocycles. The summed E-state index contributed by atoms with van der Waals surface area (Å²) in [5.74, 6) is 1.04. The largest absolute Gasteiger partial charge is 0.508 e. The van der Waals surface area contributed by atoms with Gasteiger partial charge in [-0.05, 0) is 44.2 Å². The van der Waals surface area contributed by atoms with E-state index in [1.807, 2.05) is 19.9 Å². The van der Waals surface area contributed by atoms with Gasteiger partial charge in [-0.3, -0.25) is 9.89 Å². The predicted molar refractivity (Wildman–Crippen MR) is 106 cm³/mol. The van der Waals surface area contributed by atoms with Gasteiger partial charge in [0, 0.05) is 30.6 Å². The summed E-state index contributed by atoms with van der Waals surface area (Å²) in [6.45, 7) is 8.87. The lowest BCUT2D eigenvalue weighted by Gasteiger charge is -2.47. The van der Waals surface area contributed by atoms with Gasteiger partial charge in [0.25, 0.3) is 0 Å². The monoisotopic (exact) mass is 378 g/mol. The second kappa shape index (κ2) is 6.67. The first-order valence-electron chi connectivity index (χ1n) is 9.11. The molecule has 1 fully saturated rings. The minimum absolute atomic E-state index is 0.0530. The fourth-order valence-electron chi connectivity index (χ4n) is 3.36. The van der Waals surface area contributed by atoms with Gasteiger partial charge in [0.2, 0.25) is 5.91 Å². The van der Waals surface area contributed by atoms with Gasteiger partial charge in [-0.2, -0.15) is 5.10 Å². The normalized spacial score (nSPS) is 14.7. The number of carbonyl (C=O) groups is 1. The second-order valence-electron chi connectivity index (χ2n) is 7.53. The van der Waals surface area contributed by atoms with Crippen LogP contribution < -0.4 is 4.74 Å². The van der Waals surface area contributed by atoms with Crippen molar-refractivity contribution in [2.75, 3.05) is 13.1 Å². The number of hydrogen-bond donors (Lipinski definition) is 2. The molecular formula is C21H22N4O3. The number of nitrogens with zero attached hydrogens (tertiary/aromatic N) is 3. The van der Waals surface area contributed by atoms with E-state index >= 15 is 0 Å². The zero-order chi connectivity index (χ0) is 19.9. The van der Waals surface area contributed by atoms with Crippen molar-refractivity contribution in [1.29, 1.82) is 0 Å². The van der Waals surface area contributed by atoms with Crippen LogP contribution in [0.3, 0.4) is 0 Å². The smallest absolute Gasteiger partial charge is 0.245 e. The molecule has 0 spiro atoms. The second-order valence-corrected chi connectivity index (χ2v) is 7.53. The van der Waals surface area contributed by atoms with Crippen molar-refractivity contribution in [2.24, 2.45) is 5.92 Å². The van der Waals surface area contributed by atoms with Gasteiger partial charge in [-0.25, -0.2) is 4.98 Å². The minimum atomic E-state index is -0.476. The number of rotatable bonds is 5. The van der Waals surface area contributed by atoms with Crippen LogP contribution in [0.5, 0.6) is 11.5 Å². The summed E-state index contributed by atoms with van der Waals surface area (Å²) in [6, 6.07) is 8.74. The fourth-order valence-corrected chi connectivity index (χ4v) is 3.36. The quantitative estimate of drug-likeness (QED) is 0.666. The van der Waals surface area contributed by atoms with Crippen molar-refractivity contribution < 1.29 is 14.6 Å². The van der Waals surface area contributed by atoms with Crippen molar-refractivity contribution in [1.82, 2.24) is 20.1 Å². The molecule has 1 saturated heterocycles. The topological polar surface area (TPSA) is 91.3 Å². The van der Waals surface area contributed by atoms with E-state index in [0.29, 0.717) is 24.5 Å². The molecule has 1 aliphatic heterocycles. The molecule has 0 atom stereocenters. The molecule has 0 radical (unpaired) electrons. The highest BCUT2D eigenvalue weighted by Crippen LogP contribution is 2.36. The number of carbonyl (C=O) groups excluding carboxylic acids is 1. The third-order valence-electron chi connectivity index (χ3n) is 5.27. The Hall–Kier alpha value is -3.35. The number of likely N-dealkylation sites (tertiary alicyclic amines) is 1. The first-order chi connectivity index (χ1) is 13.4. The Bertz CT molecular complexity index is 1030. The molecule has 7 heteroatoms. The number of phenolic OH excluding ortho intramolecular Hbond substituents is 1. The molecule has 0 saturated carbocycles. The summed E-state index contributed by atoms with van der Waals surface area (Å²) in [5.41, 5.74) is 1.74. The highest BCUT2D eigenvalue weighted by atomic mass is 16.5. The lowest BCUT2D eigenvalue weighted by molar-refractivity contribution is -0.137.